The lowest BCUT2D eigenvalue weighted by atomic mass is 10.1. The number of nitrogens with zero attached hydrogens (tertiary/aromatic N) is 1. The third-order valence-electron chi connectivity index (χ3n) is 2.80. The molecule has 0 bridgehead atoms. The number of methoxy groups -OCH3 is 1. The molecular formula is C17H21NO4. The van der Waals surface area contributed by atoms with Crippen LogP contribution in [-0.2, 0) is 25.8 Å². The number of carbonyl (C=O) groups is 2. The predicted octanol–water partition coefficient (Wildman–Crippen LogP) is 3.05. The lowest BCUT2D eigenvalue weighted by Gasteiger charge is -2.04. The van der Waals surface area contributed by atoms with Gasteiger partial charge in [0.05, 0.1) is 7.11 Å². The number of hydrogen-bond donors (Lipinski definition) is 0. The van der Waals surface area contributed by atoms with Gasteiger partial charge >= 0.3 is 5.97 Å². The first-order chi connectivity index (χ1) is 10.5. The zero-order valence-corrected chi connectivity index (χ0v) is 13.2. The van der Waals surface area contributed by atoms with Crippen molar-refractivity contribution in [3.8, 4) is 0 Å². The summed E-state index contributed by atoms with van der Waals surface area (Å²) >= 11 is 0. The summed E-state index contributed by atoms with van der Waals surface area (Å²) in [5, 5.41) is 3.66. The van der Waals surface area contributed by atoms with E-state index >= 15 is 0 Å². The molecule has 0 aromatic heterocycles. The third kappa shape index (κ3) is 6.35. The van der Waals surface area contributed by atoms with Crippen molar-refractivity contribution in [2.45, 2.75) is 33.3 Å². The summed E-state index contributed by atoms with van der Waals surface area (Å²) in [4.78, 5) is 28.8. The molecule has 0 aliphatic rings. The number of carbonyl (C=O) groups excluding carboxylic acids is 2. The highest BCUT2D eigenvalue weighted by Crippen LogP contribution is 2.04. The van der Waals surface area contributed by atoms with Crippen LogP contribution >= 0.6 is 0 Å². The fourth-order valence-electron chi connectivity index (χ4n) is 1.65. The van der Waals surface area contributed by atoms with Gasteiger partial charge < -0.3 is 9.57 Å². The third-order valence-corrected chi connectivity index (χ3v) is 2.80. The Bertz CT molecular complexity index is 557. The van der Waals surface area contributed by atoms with Gasteiger partial charge in [-0.25, -0.2) is 4.79 Å². The molecule has 0 radical (unpaired) electrons. The van der Waals surface area contributed by atoms with Crippen LogP contribution in [0.25, 0.3) is 0 Å². The SMILES string of the molecule is COC(=O)/C(=N\OCc1ccccc1)C(=O)CCC=C(C)C. The fraction of sp³-hybridized carbons (Fsp3) is 0.353. The van der Waals surface area contributed by atoms with E-state index in [9.17, 15) is 9.59 Å². The number of Topliss-reactive ketones (excluding diaryl/α,β-unsaturated/α-hetero) is 1. The molecule has 1 aromatic carbocycles. The molecule has 0 fully saturated rings. The number of ether oxygens (including phenoxy) is 1. The van der Waals surface area contributed by atoms with Crippen molar-refractivity contribution < 1.29 is 19.2 Å². The van der Waals surface area contributed by atoms with Crippen LogP contribution in [0.3, 0.4) is 0 Å². The Kier molecular flexibility index (Phi) is 7.61. The standard InChI is InChI=1S/C17H21NO4/c1-13(2)8-7-11-15(19)16(17(20)21-3)18-22-12-14-9-5-4-6-10-14/h4-6,8-10H,7,11-12H2,1-3H3/b18-16-. The Morgan fingerprint density at radius 1 is 1.18 bits per heavy atom. The van der Waals surface area contributed by atoms with E-state index in [-0.39, 0.29) is 18.7 Å². The summed E-state index contributed by atoms with van der Waals surface area (Å²) in [6.45, 7) is 4.08. The lowest BCUT2D eigenvalue weighted by molar-refractivity contribution is -0.133. The molecule has 0 unspecified atom stereocenters. The minimum absolute atomic E-state index is 0.183. The van der Waals surface area contributed by atoms with E-state index in [1.807, 2.05) is 50.3 Å². The molecule has 118 valence electrons. The van der Waals surface area contributed by atoms with Gasteiger partial charge in [-0.1, -0.05) is 47.1 Å². The lowest BCUT2D eigenvalue weighted by Crippen LogP contribution is -2.25. The first-order valence-corrected chi connectivity index (χ1v) is 7.03. The number of oxime groups is 1. The van der Waals surface area contributed by atoms with Crippen LogP contribution in [0.15, 0.2) is 47.1 Å². The van der Waals surface area contributed by atoms with Crippen LogP contribution in [0.2, 0.25) is 0 Å². The molecular weight excluding hydrogens is 282 g/mol. The average molecular weight is 303 g/mol. The average Bonchev–Trinajstić information content (AvgIpc) is 2.51. The van der Waals surface area contributed by atoms with Crippen molar-refractivity contribution in [3.05, 3.63) is 47.5 Å². The minimum Gasteiger partial charge on any atom is -0.464 e. The maximum Gasteiger partial charge on any atom is 0.363 e. The van der Waals surface area contributed by atoms with Gasteiger partial charge in [-0.2, -0.15) is 0 Å². The van der Waals surface area contributed by atoms with E-state index in [4.69, 9.17) is 4.84 Å². The van der Waals surface area contributed by atoms with Crippen LogP contribution in [-0.4, -0.2) is 24.6 Å². The molecule has 1 aromatic rings. The molecule has 0 heterocycles. The van der Waals surface area contributed by atoms with Gasteiger partial charge in [-0.05, 0) is 25.8 Å². The Labute approximate surface area is 130 Å². The second-order valence-corrected chi connectivity index (χ2v) is 4.93. The quantitative estimate of drug-likeness (QED) is 0.243. The summed E-state index contributed by atoms with van der Waals surface area (Å²) in [5.41, 5.74) is 1.71. The van der Waals surface area contributed by atoms with E-state index in [0.717, 1.165) is 11.1 Å². The maximum absolute atomic E-state index is 12.0. The van der Waals surface area contributed by atoms with E-state index in [0.29, 0.717) is 6.42 Å². The van der Waals surface area contributed by atoms with Crippen LogP contribution < -0.4 is 0 Å². The molecule has 0 saturated carbocycles. The van der Waals surface area contributed by atoms with Crippen molar-refractivity contribution >= 4 is 17.5 Å². The summed E-state index contributed by atoms with van der Waals surface area (Å²) in [7, 11) is 1.21. The normalized spacial score (nSPS) is 10.8. The molecule has 0 saturated heterocycles. The van der Waals surface area contributed by atoms with Crippen molar-refractivity contribution in [2.24, 2.45) is 5.16 Å². The summed E-state index contributed by atoms with van der Waals surface area (Å²) < 4.78 is 4.58. The highest BCUT2D eigenvalue weighted by Gasteiger charge is 2.21. The van der Waals surface area contributed by atoms with Gasteiger partial charge in [-0.3, -0.25) is 4.79 Å². The Balaban J connectivity index is 2.66. The Hall–Kier alpha value is -2.43. The van der Waals surface area contributed by atoms with Crippen molar-refractivity contribution in [1.29, 1.82) is 0 Å². The predicted molar refractivity (Wildman–Crippen MR) is 84.4 cm³/mol. The zero-order chi connectivity index (χ0) is 16.4. The van der Waals surface area contributed by atoms with Gasteiger partial charge in [0.25, 0.3) is 0 Å². The van der Waals surface area contributed by atoms with Crippen molar-refractivity contribution in [2.75, 3.05) is 7.11 Å². The second kappa shape index (κ2) is 9.50. The van der Waals surface area contributed by atoms with E-state index in [1.54, 1.807) is 0 Å². The van der Waals surface area contributed by atoms with Gasteiger partial charge in [-0.15, -0.1) is 0 Å². The summed E-state index contributed by atoms with van der Waals surface area (Å²) in [6.07, 6.45) is 2.67. The van der Waals surface area contributed by atoms with Crippen molar-refractivity contribution in [3.63, 3.8) is 0 Å². The molecule has 0 aliphatic carbocycles. The molecule has 5 nitrogen and oxygen atoms in total. The first-order valence-electron chi connectivity index (χ1n) is 7.03. The van der Waals surface area contributed by atoms with Gasteiger partial charge in [0.15, 0.2) is 5.78 Å². The number of benzene rings is 1. The maximum atomic E-state index is 12.0. The topological polar surface area (TPSA) is 65.0 Å². The van der Waals surface area contributed by atoms with Gasteiger partial charge in [0.1, 0.15) is 6.61 Å². The van der Waals surface area contributed by atoms with Gasteiger partial charge in [0, 0.05) is 6.42 Å². The molecule has 0 atom stereocenters. The summed E-state index contributed by atoms with van der Waals surface area (Å²) in [6, 6.07) is 9.36. The number of rotatable bonds is 8. The number of esters is 1. The molecule has 5 heteroatoms. The van der Waals surface area contributed by atoms with Crippen LogP contribution in [0, 0.1) is 0 Å². The fourth-order valence-corrected chi connectivity index (χ4v) is 1.65. The molecule has 22 heavy (non-hydrogen) atoms. The van der Waals surface area contributed by atoms with Crippen LogP contribution in [0.1, 0.15) is 32.3 Å². The van der Waals surface area contributed by atoms with E-state index in [1.165, 1.54) is 7.11 Å². The van der Waals surface area contributed by atoms with Crippen LogP contribution in [0.5, 0.6) is 0 Å². The smallest absolute Gasteiger partial charge is 0.363 e. The van der Waals surface area contributed by atoms with E-state index < -0.39 is 11.8 Å². The number of allylic oxidation sites excluding steroid dienone is 2. The first kappa shape index (κ1) is 17.6. The largest absolute Gasteiger partial charge is 0.464 e. The Morgan fingerprint density at radius 3 is 2.45 bits per heavy atom. The molecule has 0 spiro atoms. The minimum atomic E-state index is -0.782. The zero-order valence-electron chi connectivity index (χ0n) is 13.2. The monoisotopic (exact) mass is 303 g/mol. The molecule has 1 rings (SSSR count). The second-order valence-electron chi connectivity index (χ2n) is 4.93. The molecule has 0 N–H and O–H groups in total. The molecule has 0 amide bonds. The highest BCUT2D eigenvalue weighted by molar-refractivity contribution is 6.64. The van der Waals surface area contributed by atoms with E-state index in [2.05, 4.69) is 9.89 Å². The highest BCUT2D eigenvalue weighted by atomic mass is 16.6. The molecule has 0 aliphatic heterocycles. The number of ketones is 1. The van der Waals surface area contributed by atoms with Crippen LogP contribution in [0.4, 0.5) is 0 Å². The number of hydrogen-bond acceptors (Lipinski definition) is 5. The van der Waals surface area contributed by atoms with Gasteiger partial charge in [0.2, 0.25) is 5.71 Å². The Morgan fingerprint density at radius 2 is 1.86 bits per heavy atom. The van der Waals surface area contributed by atoms with Crippen molar-refractivity contribution in [1.82, 2.24) is 0 Å². The summed E-state index contributed by atoms with van der Waals surface area (Å²) in [5.74, 6) is -1.17.